The zero-order chi connectivity index (χ0) is 18.3. The molecule has 138 valence electrons. The Kier molecular flexibility index (Phi) is 11.6. The molecular formula is C22H31ClO2. The van der Waals surface area contributed by atoms with Crippen LogP contribution in [0.15, 0.2) is 48.5 Å². The number of hydrogen-bond acceptors (Lipinski definition) is 2. The van der Waals surface area contributed by atoms with E-state index in [4.69, 9.17) is 21.1 Å². The molecular weight excluding hydrogens is 332 g/mol. The van der Waals surface area contributed by atoms with Crippen molar-refractivity contribution in [3.8, 4) is 11.5 Å². The molecule has 0 aliphatic heterocycles. The standard InChI is InChI=1S/C20H25ClO2.C2H6/c1-2-18-11-12-19(23-16-17-9-5-3-6-10-17)15-20(18)22-14-8-4-7-13-21;1-2/h3,5-6,9-12,15H,2,4,7-8,13-14,16H2,1H3;1-2H3. The van der Waals surface area contributed by atoms with Gasteiger partial charge in [0.1, 0.15) is 18.1 Å². The number of rotatable bonds is 10. The van der Waals surface area contributed by atoms with Gasteiger partial charge in [0.25, 0.3) is 0 Å². The van der Waals surface area contributed by atoms with Gasteiger partial charge >= 0.3 is 0 Å². The number of ether oxygens (including phenoxy) is 2. The van der Waals surface area contributed by atoms with Crippen LogP contribution in [0.4, 0.5) is 0 Å². The Labute approximate surface area is 158 Å². The average Bonchev–Trinajstić information content (AvgIpc) is 2.68. The lowest BCUT2D eigenvalue weighted by molar-refractivity contribution is 0.289. The fourth-order valence-corrected chi connectivity index (χ4v) is 2.54. The molecule has 2 nitrogen and oxygen atoms in total. The first-order valence-corrected chi connectivity index (χ1v) is 9.85. The van der Waals surface area contributed by atoms with Crippen molar-refractivity contribution in [1.82, 2.24) is 0 Å². The molecule has 0 saturated carbocycles. The van der Waals surface area contributed by atoms with Crippen LogP contribution in [0.1, 0.15) is 51.2 Å². The van der Waals surface area contributed by atoms with Gasteiger partial charge in [-0.3, -0.25) is 0 Å². The molecule has 0 aromatic heterocycles. The lowest BCUT2D eigenvalue weighted by atomic mass is 10.1. The van der Waals surface area contributed by atoms with E-state index in [-0.39, 0.29) is 0 Å². The van der Waals surface area contributed by atoms with Crippen LogP contribution in [-0.4, -0.2) is 12.5 Å². The Morgan fingerprint density at radius 3 is 2.32 bits per heavy atom. The van der Waals surface area contributed by atoms with Crippen molar-refractivity contribution >= 4 is 11.6 Å². The van der Waals surface area contributed by atoms with E-state index >= 15 is 0 Å². The highest BCUT2D eigenvalue weighted by atomic mass is 35.5. The zero-order valence-electron chi connectivity index (χ0n) is 15.8. The summed E-state index contributed by atoms with van der Waals surface area (Å²) in [6, 6.07) is 16.3. The van der Waals surface area contributed by atoms with Crippen LogP contribution in [0.5, 0.6) is 11.5 Å². The second kappa shape index (κ2) is 13.6. The van der Waals surface area contributed by atoms with E-state index in [1.54, 1.807) is 0 Å². The van der Waals surface area contributed by atoms with E-state index in [2.05, 4.69) is 25.1 Å². The molecule has 0 radical (unpaired) electrons. The quantitative estimate of drug-likeness (QED) is 0.348. The molecule has 0 saturated heterocycles. The van der Waals surface area contributed by atoms with Gasteiger partial charge in [-0.1, -0.05) is 57.2 Å². The normalized spacial score (nSPS) is 9.92. The van der Waals surface area contributed by atoms with Gasteiger partial charge in [-0.25, -0.2) is 0 Å². The van der Waals surface area contributed by atoms with Gasteiger partial charge in [0.2, 0.25) is 0 Å². The minimum atomic E-state index is 0.571. The third-order valence-corrected chi connectivity index (χ3v) is 3.97. The van der Waals surface area contributed by atoms with Crippen molar-refractivity contribution in [2.24, 2.45) is 0 Å². The Hall–Kier alpha value is -1.67. The maximum absolute atomic E-state index is 5.94. The summed E-state index contributed by atoms with van der Waals surface area (Å²) in [5, 5.41) is 0. The number of unbranched alkanes of at least 4 members (excludes halogenated alkanes) is 2. The highest BCUT2D eigenvalue weighted by molar-refractivity contribution is 6.17. The summed E-state index contributed by atoms with van der Waals surface area (Å²) >= 11 is 5.69. The van der Waals surface area contributed by atoms with Gasteiger partial charge < -0.3 is 9.47 Å². The lowest BCUT2D eigenvalue weighted by Gasteiger charge is -2.13. The minimum absolute atomic E-state index is 0.571. The molecule has 0 bridgehead atoms. The largest absolute Gasteiger partial charge is 0.493 e. The third kappa shape index (κ3) is 8.31. The molecule has 0 heterocycles. The lowest BCUT2D eigenvalue weighted by Crippen LogP contribution is -2.01. The molecule has 0 unspecified atom stereocenters. The minimum Gasteiger partial charge on any atom is -0.493 e. The number of alkyl halides is 1. The van der Waals surface area contributed by atoms with Crippen LogP contribution in [0.25, 0.3) is 0 Å². The maximum Gasteiger partial charge on any atom is 0.126 e. The van der Waals surface area contributed by atoms with Crippen molar-refractivity contribution < 1.29 is 9.47 Å². The summed E-state index contributed by atoms with van der Waals surface area (Å²) in [7, 11) is 0. The first-order valence-electron chi connectivity index (χ1n) is 9.32. The summed E-state index contributed by atoms with van der Waals surface area (Å²) in [5.41, 5.74) is 2.38. The van der Waals surface area contributed by atoms with Crippen molar-refractivity contribution in [2.75, 3.05) is 12.5 Å². The number of aryl methyl sites for hydroxylation is 1. The Bertz CT molecular complexity index is 569. The highest BCUT2D eigenvalue weighted by Gasteiger charge is 2.05. The van der Waals surface area contributed by atoms with Gasteiger partial charge in [-0.15, -0.1) is 11.6 Å². The van der Waals surface area contributed by atoms with E-state index in [1.165, 1.54) is 5.56 Å². The van der Waals surface area contributed by atoms with Crippen LogP contribution in [0.2, 0.25) is 0 Å². The Balaban J connectivity index is 0.00000151. The predicted molar refractivity (Wildman–Crippen MR) is 108 cm³/mol. The summed E-state index contributed by atoms with van der Waals surface area (Å²) in [6.45, 7) is 7.44. The van der Waals surface area contributed by atoms with Crippen LogP contribution in [0, 0.1) is 0 Å². The number of benzene rings is 2. The van der Waals surface area contributed by atoms with E-state index in [1.807, 2.05) is 44.2 Å². The molecule has 2 rings (SSSR count). The smallest absolute Gasteiger partial charge is 0.126 e. The van der Waals surface area contributed by atoms with Gasteiger partial charge in [0.05, 0.1) is 6.61 Å². The Morgan fingerprint density at radius 1 is 0.880 bits per heavy atom. The van der Waals surface area contributed by atoms with E-state index in [0.29, 0.717) is 6.61 Å². The van der Waals surface area contributed by atoms with E-state index in [0.717, 1.165) is 55.2 Å². The van der Waals surface area contributed by atoms with Crippen molar-refractivity contribution in [3.63, 3.8) is 0 Å². The highest BCUT2D eigenvalue weighted by Crippen LogP contribution is 2.26. The van der Waals surface area contributed by atoms with Gasteiger partial charge in [-0.2, -0.15) is 0 Å². The first-order chi connectivity index (χ1) is 12.3. The molecule has 2 aromatic rings. The second-order valence-electron chi connectivity index (χ2n) is 5.50. The fraction of sp³-hybridized carbons (Fsp3) is 0.455. The Morgan fingerprint density at radius 2 is 1.64 bits per heavy atom. The molecule has 3 heteroatoms. The van der Waals surface area contributed by atoms with Crippen molar-refractivity contribution in [3.05, 3.63) is 59.7 Å². The summed E-state index contributed by atoms with van der Waals surface area (Å²) in [5.74, 6) is 2.51. The van der Waals surface area contributed by atoms with Crippen LogP contribution >= 0.6 is 11.6 Å². The van der Waals surface area contributed by atoms with Crippen LogP contribution in [-0.2, 0) is 13.0 Å². The SMILES string of the molecule is CC.CCc1ccc(OCc2ccccc2)cc1OCCCCCCl. The zero-order valence-corrected chi connectivity index (χ0v) is 16.5. The van der Waals surface area contributed by atoms with Gasteiger partial charge in [-0.05, 0) is 42.9 Å². The van der Waals surface area contributed by atoms with E-state index in [9.17, 15) is 0 Å². The molecule has 25 heavy (non-hydrogen) atoms. The summed E-state index contributed by atoms with van der Waals surface area (Å²) in [6.07, 6.45) is 4.14. The topological polar surface area (TPSA) is 18.5 Å². The third-order valence-electron chi connectivity index (χ3n) is 3.70. The molecule has 0 spiro atoms. The van der Waals surface area contributed by atoms with Crippen molar-refractivity contribution in [1.29, 1.82) is 0 Å². The number of halogens is 1. The molecule has 0 amide bonds. The molecule has 0 aliphatic carbocycles. The summed E-state index contributed by atoms with van der Waals surface area (Å²) in [4.78, 5) is 0. The first kappa shape index (κ1) is 21.4. The number of hydrogen-bond donors (Lipinski definition) is 0. The van der Waals surface area contributed by atoms with E-state index < -0.39 is 0 Å². The average molecular weight is 363 g/mol. The second-order valence-corrected chi connectivity index (χ2v) is 5.87. The van der Waals surface area contributed by atoms with Gasteiger partial charge in [0.15, 0.2) is 0 Å². The predicted octanol–water partition coefficient (Wildman–Crippen LogP) is 6.64. The molecule has 0 N–H and O–H groups in total. The summed E-state index contributed by atoms with van der Waals surface area (Å²) < 4.78 is 11.8. The molecule has 0 aliphatic rings. The molecule has 0 fully saturated rings. The van der Waals surface area contributed by atoms with Crippen LogP contribution < -0.4 is 9.47 Å². The molecule has 2 aromatic carbocycles. The van der Waals surface area contributed by atoms with Crippen LogP contribution in [0.3, 0.4) is 0 Å². The van der Waals surface area contributed by atoms with Gasteiger partial charge in [0, 0.05) is 11.9 Å². The van der Waals surface area contributed by atoms with Crippen molar-refractivity contribution in [2.45, 2.75) is 53.1 Å². The molecule has 0 atom stereocenters. The fourth-order valence-electron chi connectivity index (χ4n) is 2.35. The maximum atomic E-state index is 5.94. The monoisotopic (exact) mass is 362 g/mol.